The molecule has 1 rings (SSSR count). The number of allylic oxidation sites excluding steroid dienone is 2. The Hall–Kier alpha value is -1.19. The highest BCUT2D eigenvalue weighted by molar-refractivity contribution is 5.86. The van der Waals surface area contributed by atoms with Crippen molar-refractivity contribution in [3.8, 4) is 0 Å². The first-order chi connectivity index (χ1) is 9.70. The van der Waals surface area contributed by atoms with Crippen LogP contribution in [0.2, 0.25) is 0 Å². The van der Waals surface area contributed by atoms with Gasteiger partial charge in [-0.2, -0.15) is 4.90 Å². The van der Waals surface area contributed by atoms with E-state index in [0.717, 1.165) is 11.1 Å². The van der Waals surface area contributed by atoms with E-state index in [2.05, 4.69) is 0 Å². The average molecular weight is 304 g/mol. The van der Waals surface area contributed by atoms with Gasteiger partial charge in [-0.15, -0.1) is 0 Å². The Bertz CT molecular complexity index is 430. The third-order valence-electron chi connectivity index (χ3n) is 4.06. The van der Waals surface area contributed by atoms with Crippen LogP contribution in [0.3, 0.4) is 0 Å². The fourth-order valence-corrected chi connectivity index (χ4v) is 2.47. The molecule has 5 N–H and O–H groups in total. The third-order valence-corrected chi connectivity index (χ3v) is 4.06. The molecule has 122 valence electrons. The summed E-state index contributed by atoms with van der Waals surface area (Å²) in [5.74, 6) is -0.945. The number of hydrogen-bond donors (Lipinski definition) is 5. The largest absolute Gasteiger partial charge is 0.612 e. The van der Waals surface area contributed by atoms with Crippen LogP contribution in [0.4, 0.5) is 0 Å². The molecule has 1 aliphatic carbocycles. The molecule has 5 atom stereocenters. The Balaban J connectivity index is 2.99. The monoisotopic (exact) mass is 304 g/mol. The van der Waals surface area contributed by atoms with Crippen LogP contribution in [0.25, 0.3) is 0 Å². The van der Waals surface area contributed by atoms with Crippen LogP contribution < -0.4 is 0 Å². The number of hydrogen-bond acceptors (Lipinski definition) is 7. The topological polar surface area (TPSA) is 150 Å². The van der Waals surface area contributed by atoms with Crippen LogP contribution in [-0.4, -0.2) is 67.2 Å². The van der Waals surface area contributed by atoms with E-state index >= 15 is 0 Å². The summed E-state index contributed by atoms with van der Waals surface area (Å²) in [6, 6.07) is 0. The third kappa shape index (κ3) is 3.92. The van der Waals surface area contributed by atoms with Gasteiger partial charge in [0, 0.05) is 0 Å². The molecule has 0 spiro atoms. The van der Waals surface area contributed by atoms with E-state index in [1.807, 2.05) is 0 Å². The molecule has 21 heavy (non-hydrogen) atoms. The molecule has 0 radical (unpaired) electrons. The van der Waals surface area contributed by atoms with Crippen molar-refractivity contribution in [2.45, 2.75) is 51.1 Å². The predicted octanol–water partition coefficient (Wildman–Crippen LogP) is -1.38. The lowest BCUT2D eigenvalue weighted by atomic mass is 9.78. The second kappa shape index (κ2) is 7.19. The average Bonchev–Trinajstić information content (AvgIpc) is 2.46. The van der Waals surface area contributed by atoms with Crippen LogP contribution in [0.1, 0.15) is 26.7 Å². The van der Waals surface area contributed by atoms with E-state index in [-0.39, 0.29) is 18.6 Å². The van der Waals surface area contributed by atoms with E-state index in [9.17, 15) is 30.8 Å². The zero-order chi connectivity index (χ0) is 16.3. The van der Waals surface area contributed by atoms with Crippen LogP contribution in [0, 0.1) is 16.3 Å². The summed E-state index contributed by atoms with van der Waals surface area (Å²) in [5.41, 5.74) is 1.60. The molecule has 0 heterocycles. The van der Waals surface area contributed by atoms with Gasteiger partial charge in [0.05, 0.1) is 25.0 Å². The second-order valence-electron chi connectivity index (χ2n) is 5.52. The first-order valence-electron chi connectivity index (χ1n) is 6.69. The van der Waals surface area contributed by atoms with Gasteiger partial charge in [-0.25, -0.2) is 0 Å². The summed E-state index contributed by atoms with van der Waals surface area (Å²) in [6.45, 7) is 2.76. The molecular formula is C13H22NO7-. The van der Waals surface area contributed by atoms with Crippen LogP contribution in [0.15, 0.2) is 11.1 Å². The van der Waals surface area contributed by atoms with E-state index in [4.69, 9.17) is 5.11 Å². The summed E-state index contributed by atoms with van der Waals surface area (Å²) >= 11 is 0. The highest BCUT2D eigenvalue weighted by Crippen LogP contribution is 2.31. The van der Waals surface area contributed by atoms with Crippen molar-refractivity contribution in [2.24, 2.45) is 5.92 Å². The lowest BCUT2D eigenvalue weighted by Gasteiger charge is -2.34. The van der Waals surface area contributed by atoms with Crippen LogP contribution in [0.5, 0.6) is 0 Å². The Labute approximate surface area is 122 Å². The zero-order valence-corrected chi connectivity index (χ0v) is 12.0. The maximum Gasteiger partial charge on any atom is 0.185 e. The van der Waals surface area contributed by atoms with Gasteiger partial charge < -0.3 is 35.9 Å². The SMILES string of the molecule is CC1=C(C)C[C@@H]([C@@H](O)[C@@H](O)[C@H](O)[C@H](O)CO)C(=[N+]([O-])[O-])C1. The van der Waals surface area contributed by atoms with Crippen molar-refractivity contribution >= 4 is 5.71 Å². The number of rotatable bonds is 5. The summed E-state index contributed by atoms with van der Waals surface area (Å²) in [7, 11) is 0. The van der Waals surface area contributed by atoms with Gasteiger partial charge in [0.2, 0.25) is 0 Å². The molecule has 8 nitrogen and oxygen atoms in total. The lowest BCUT2D eigenvalue weighted by molar-refractivity contribution is -0.385. The minimum Gasteiger partial charge on any atom is -0.612 e. The second-order valence-corrected chi connectivity index (χ2v) is 5.52. The molecule has 0 saturated carbocycles. The molecule has 0 bridgehead atoms. The van der Waals surface area contributed by atoms with Crippen LogP contribution in [-0.2, 0) is 0 Å². The van der Waals surface area contributed by atoms with Gasteiger partial charge in [0.25, 0.3) is 0 Å². The molecule has 0 aliphatic heterocycles. The van der Waals surface area contributed by atoms with Gasteiger partial charge in [-0.3, -0.25) is 0 Å². The fraction of sp³-hybridized carbons (Fsp3) is 0.769. The Morgan fingerprint density at radius 2 is 1.67 bits per heavy atom. The quantitative estimate of drug-likeness (QED) is 0.238. The van der Waals surface area contributed by atoms with E-state index in [0.29, 0.717) is 0 Å². The molecule has 0 unspecified atom stereocenters. The number of aliphatic hydroxyl groups excluding tert-OH is 5. The Morgan fingerprint density at radius 1 is 1.10 bits per heavy atom. The van der Waals surface area contributed by atoms with Gasteiger partial charge in [0.15, 0.2) is 5.71 Å². The molecular weight excluding hydrogens is 282 g/mol. The standard InChI is InChI=1S/C13H22NO7/c1-6-3-8(9(14(20)21)4-7(6)2)11(17)13(19)12(18)10(16)5-15/h8,10-13,15-19H,3-5H2,1-2H3/q-1/t8-,10-,11-,12-,13-/m1/s1. The molecule has 0 fully saturated rings. The van der Waals surface area contributed by atoms with Crippen molar-refractivity contribution in [3.63, 3.8) is 0 Å². The Morgan fingerprint density at radius 3 is 2.14 bits per heavy atom. The van der Waals surface area contributed by atoms with Crippen molar-refractivity contribution < 1.29 is 30.4 Å². The van der Waals surface area contributed by atoms with Crippen LogP contribution >= 0.6 is 0 Å². The molecule has 1 aliphatic rings. The molecule has 0 saturated heterocycles. The van der Waals surface area contributed by atoms with E-state index < -0.39 is 41.8 Å². The first-order valence-corrected chi connectivity index (χ1v) is 6.69. The number of aliphatic hydroxyl groups is 5. The van der Waals surface area contributed by atoms with Gasteiger partial charge in [0.1, 0.15) is 18.3 Å². The molecule has 0 aromatic rings. The normalized spacial score (nSPS) is 25.5. The zero-order valence-electron chi connectivity index (χ0n) is 12.0. The molecule has 0 aromatic carbocycles. The maximum atomic E-state index is 11.1. The maximum absolute atomic E-state index is 11.1. The minimum atomic E-state index is -1.79. The highest BCUT2D eigenvalue weighted by Gasteiger charge is 2.41. The lowest BCUT2D eigenvalue weighted by Crippen LogP contribution is -2.51. The fourth-order valence-electron chi connectivity index (χ4n) is 2.47. The van der Waals surface area contributed by atoms with Crippen molar-refractivity contribution in [2.75, 3.05) is 6.61 Å². The smallest absolute Gasteiger partial charge is 0.185 e. The molecule has 0 aromatic heterocycles. The summed E-state index contributed by atoms with van der Waals surface area (Å²) in [6.07, 6.45) is -6.53. The predicted molar refractivity (Wildman–Crippen MR) is 74.2 cm³/mol. The van der Waals surface area contributed by atoms with E-state index in [1.165, 1.54) is 0 Å². The molecule has 8 heteroatoms. The van der Waals surface area contributed by atoms with Crippen molar-refractivity contribution in [1.82, 2.24) is 0 Å². The minimum absolute atomic E-state index is 0.0892. The summed E-state index contributed by atoms with van der Waals surface area (Å²) < 4.78 is 0. The van der Waals surface area contributed by atoms with E-state index in [1.54, 1.807) is 13.8 Å². The highest BCUT2D eigenvalue weighted by atomic mass is 16.8. The van der Waals surface area contributed by atoms with Gasteiger partial charge in [-0.1, -0.05) is 11.1 Å². The van der Waals surface area contributed by atoms with Gasteiger partial charge >= 0.3 is 0 Å². The summed E-state index contributed by atoms with van der Waals surface area (Å²) in [4.78, 5) is -0.578. The first kappa shape index (κ1) is 17.9. The summed E-state index contributed by atoms with van der Waals surface area (Å²) in [5, 5.41) is 69.9. The van der Waals surface area contributed by atoms with Crippen molar-refractivity contribution in [1.29, 1.82) is 0 Å². The Kier molecular flexibility index (Phi) is 6.11. The van der Waals surface area contributed by atoms with Gasteiger partial charge in [-0.05, 0) is 20.3 Å². The molecule has 0 amide bonds. The number of nitrogens with zero attached hydrogens (tertiary/aromatic N) is 1. The van der Waals surface area contributed by atoms with Crippen molar-refractivity contribution in [3.05, 3.63) is 21.6 Å².